The van der Waals surface area contributed by atoms with E-state index in [2.05, 4.69) is 21.2 Å². The monoisotopic (exact) mass is 410 g/mol. The number of rotatable bonds is 3. The Kier molecular flexibility index (Phi) is 5.44. The van der Waals surface area contributed by atoms with Crippen molar-refractivity contribution in [1.29, 1.82) is 0 Å². The first-order valence-corrected chi connectivity index (χ1v) is 9.22. The summed E-state index contributed by atoms with van der Waals surface area (Å²) in [6.45, 7) is 4.91. The van der Waals surface area contributed by atoms with Crippen molar-refractivity contribution in [1.82, 2.24) is 9.62 Å². The van der Waals surface area contributed by atoms with Gasteiger partial charge in [-0.3, -0.25) is 0 Å². The predicted octanol–water partition coefficient (Wildman–Crippen LogP) is 2.03. The predicted molar refractivity (Wildman–Crippen MR) is 91.3 cm³/mol. The highest BCUT2D eigenvalue weighted by molar-refractivity contribution is 9.10. The van der Waals surface area contributed by atoms with Crippen LogP contribution >= 0.6 is 28.3 Å². The summed E-state index contributed by atoms with van der Waals surface area (Å²) in [6, 6.07) is 3.41. The van der Waals surface area contributed by atoms with Crippen LogP contribution in [-0.2, 0) is 10.0 Å². The van der Waals surface area contributed by atoms with E-state index in [1.165, 1.54) is 7.11 Å². The van der Waals surface area contributed by atoms with E-state index in [4.69, 9.17) is 4.74 Å². The van der Waals surface area contributed by atoms with Crippen LogP contribution < -0.4 is 10.1 Å². The van der Waals surface area contributed by atoms with Crippen molar-refractivity contribution < 1.29 is 13.2 Å². The summed E-state index contributed by atoms with van der Waals surface area (Å²) in [4.78, 5) is 0.246. The molecule has 0 saturated carbocycles. The molecule has 2 saturated heterocycles. The normalized spacial score (nSPS) is 24.9. The van der Waals surface area contributed by atoms with Crippen LogP contribution in [0.25, 0.3) is 0 Å². The second kappa shape index (κ2) is 6.65. The average molecular weight is 412 g/mol. The molecule has 5 nitrogen and oxygen atoms in total. The molecule has 0 aromatic heterocycles. The first-order chi connectivity index (χ1) is 9.93. The zero-order valence-electron chi connectivity index (χ0n) is 12.5. The lowest BCUT2D eigenvalue weighted by Gasteiger charge is -2.20. The van der Waals surface area contributed by atoms with Gasteiger partial charge in [0.15, 0.2) is 0 Å². The third kappa shape index (κ3) is 3.01. The number of aryl methyl sites for hydroxylation is 1. The first-order valence-electron chi connectivity index (χ1n) is 6.98. The fourth-order valence-corrected chi connectivity index (χ4v) is 5.36. The molecule has 0 aliphatic carbocycles. The fourth-order valence-electron chi connectivity index (χ4n) is 3.15. The number of benzene rings is 1. The molecule has 2 fully saturated rings. The van der Waals surface area contributed by atoms with Gasteiger partial charge in [-0.15, -0.1) is 12.4 Å². The van der Waals surface area contributed by atoms with E-state index in [0.29, 0.717) is 30.7 Å². The van der Waals surface area contributed by atoms with E-state index in [-0.39, 0.29) is 17.3 Å². The minimum absolute atomic E-state index is 0. The largest absolute Gasteiger partial charge is 0.495 e. The van der Waals surface area contributed by atoms with Crippen LogP contribution in [0.3, 0.4) is 0 Å². The number of fused-ring (bicyclic) bond motifs is 1. The van der Waals surface area contributed by atoms with Crippen molar-refractivity contribution >= 4 is 38.4 Å². The molecule has 2 atom stereocenters. The van der Waals surface area contributed by atoms with Crippen LogP contribution in [-0.4, -0.2) is 46.0 Å². The van der Waals surface area contributed by atoms with Crippen molar-refractivity contribution in [3.63, 3.8) is 0 Å². The molecule has 2 heterocycles. The Bertz CT molecular complexity index is 656. The van der Waals surface area contributed by atoms with E-state index in [1.54, 1.807) is 16.4 Å². The second-order valence-corrected chi connectivity index (χ2v) is 8.51. The molecule has 8 heteroatoms. The van der Waals surface area contributed by atoms with Crippen molar-refractivity contribution in [2.45, 2.75) is 11.8 Å². The molecule has 1 aromatic carbocycles. The lowest BCUT2D eigenvalue weighted by atomic mass is 10.0. The number of methoxy groups -OCH3 is 1. The van der Waals surface area contributed by atoms with Crippen LogP contribution in [0.2, 0.25) is 0 Å². The first kappa shape index (κ1) is 18.0. The van der Waals surface area contributed by atoms with Gasteiger partial charge in [0, 0.05) is 17.6 Å². The summed E-state index contributed by atoms with van der Waals surface area (Å²) in [6.07, 6.45) is 0. The Balaban J connectivity index is 0.00000176. The summed E-state index contributed by atoms with van der Waals surface area (Å²) in [5.74, 6) is 1.27. The fraction of sp³-hybridized carbons (Fsp3) is 0.571. The van der Waals surface area contributed by atoms with Gasteiger partial charge in [0.25, 0.3) is 0 Å². The van der Waals surface area contributed by atoms with Crippen molar-refractivity contribution in [2.24, 2.45) is 11.8 Å². The molecule has 3 rings (SSSR count). The molecule has 0 bridgehead atoms. The minimum atomic E-state index is -3.51. The molecule has 0 unspecified atom stereocenters. The summed E-state index contributed by atoms with van der Waals surface area (Å²) in [5.41, 5.74) is 0.952. The number of ether oxygens (including phenoxy) is 1. The topological polar surface area (TPSA) is 58.6 Å². The third-order valence-electron chi connectivity index (χ3n) is 4.42. The number of sulfonamides is 1. The summed E-state index contributed by atoms with van der Waals surface area (Å²) in [7, 11) is -2.01. The van der Waals surface area contributed by atoms with Crippen molar-refractivity contribution in [3.05, 3.63) is 22.2 Å². The van der Waals surface area contributed by atoms with Gasteiger partial charge >= 0.3 is 0 Å². The van der Waals surface area contributed by atoms with Crippen molar-refractivity contribution in [3.8, 4) is 5.75 Å². The summed E-state index contributed by atoms with van der Waals surface area (Å²) < 4.78 is 33.5. The molecule has 22 heavy (non-hydrogen) atoms. The SMILES string of the molecule is COc1cc(C)c(Br)cc1S(=O)(=O)N1C[C@H]2CNC[C@H]2C1.Cl. The van der Waals surface area contributed by atoms with Gasteiger partial charge in [-0.1, -0.05) is 15.9 Å². The van der Waals surface area contributed by atoms with E-state index >= 15 is 0 Å². The number of hydrogen-bond donors (Lipinski definition) is 1. The zero-order chi connectivity index (χ0) is 15.2. The molecule has 1 N–H and O–H groups in total. The Morgan fingerprint density at radius 1 is 1.27 bits per heavy atom. The Labute approximate surface area is 146 Å². The molecular weight excluding hydrogens is 392 g/mol. The van der Waals surface area contributed by atoms with Gasteiger partial charge in [-0.2, -0.15) is 4.31 Å². The van der Waals surface area contributed by atoms with Gasteiger partial charge in [0.05, 0.1) is 7.11 Å². The van der Waals surface area contributed by atoms with E-state index in [0.717, 1.165) is 23.1 Å². The minimum Gasteiger partial charge on any atom is -0.495 e. The number of nitrogens with zero attached hydrogens (tertiary/aromatic N) is 1. The Morgan fingerprint density at radius 2 is 1.86 bits per heavy atom. The van der Waals surface area contributed by atoms with E-state index < -0.39 is 10.0 Å². The van der Waals surface area contributed by atoms with Crippen LogP contribution in [0.5, 0.6) is 5.75 Å². The summed E-state index contributed by atoms with van der Waals surface area (Å²) in [5, 5.41) is 3.32. The van der Waals surface area contributed by atoms with E-state index in [9.17, 15) is 8.42 Å². The van der Waals surface area contributed by atoms with Gasteiger partial charge in [-0.25, -0.2) is 8.42 Å². The number of nitrogens with one attached hydrogen (secondary N) is 1. The zero-order valence-corrected chi connectivity index (χ0v) is 15.7. The summed E-state index contributed by atoms with van der Waals surface area (Å²) >= 11 is 3.41. The Hall–Kier alpha value is -0.340. The second-order valence-electron chi connectivity index (χ2n) is 5.75. The van der Waals surface area contributed by atoms with E-state index in [1.807, 2.05) is 6.92 Å². The van der Waals surface area contributed by atoms with Crippen molar-refractivity contribution in [2.75, 3.05) is 33.3 Å². The van der Waals surface area contributed by atoms with Crippen LogP contribution in [0.4, 0.5) is 0 Å². The molecule has 2 aliphatic rings. The lowest BCUT2D eigenvalue weighted by Crippen LogP contribution is -2.32. The maximum absolute atomic E-state index is 12.9. The molecule has 1 aromatic rings. The number of halogens is 2. The third-order valence-corrected chi connectivity index (χ3v) is 7.13. The van der Waals surface area contributed by atoms with Gasteiger partial charge in [-0.05, 0) is 49.5 Å². The average Bonchev–Trinajstić information content (AvgIpc) is 3.02. The molecule has 0 amide bonds. The molecule has 0 radical (unpaired) electrons. The number of hydrogen-bond acceptors (Lipinski definition) is 4. The molecule has 2 aliphatic heterocycles. The van der Waals surface area contributed by atoms with Gasteiger partial charge < -0.3 is 10.1 Å². The highest BCUT2D eigenvalue weighted by Crippen LogP contribution is 2.36. The van der Waals surface area contributed by atoms with Gasteiger partial charge in [0.1, 0.15) is 10.6 Å². The standard InChI is InChI=1S/C14H19BrN2O3S.ClH/c1-9-3-13(20-2)14(4-12(9)15)21(18,19)17-7-10-5-16-6-11(10)8-17;/h3-4,10-11,16H,5-8H2,1-2H3;1H/t10-,11+;. The smallest absolute Gasteiger partial charge is 0.246 e. The van der Waals surface area contributed by atoms with Crippen LogP contribution in [0.1, 0.15) is 5.56 Å². The van der Waals surface area contributed by atoms with Crippen LogP contribution in [0.15, 0.2) is 21.5 Å². The maximum atomic E-state index is 12.9. The molecule has 124 valence electrons. The Morgan fingerprint density at radius 3 is 2.41 bits per heavy atom. The lowest BCUT2D eigenvalue weighted by molar-refractivity contribution is 0.395. The molecule has 0 spiro atoms. The van der Waals surface area contributed by atoms with Gasteiger partial charge in [0.2, 0.25) is 10.0 Å². The highest BCUT2D eigenvalue weighted by Gasteiger charge is 2.42. The van der Waals surface area contributed by atoms with Crippen LogP contribution in [0, 0.1) is 18.8 Å². The quantitative estimate of drug-likeness (QED) is 0.827. The highest BCUT2D eigenvalue weighted by atomic mass is 79.9. The maximum Gasteiger partial charge on any atom is 0.246 e. The molecular formula is C14H20BrClN2O3S.